The molecule has 0 aliphatic carbocycles. The molecule has 13 heteroatoms. The smallest absolute Gasteiger partial charge is 0.318 e. The maximum atomic E-state index is 17.0. The lowest BCUT2D eigenvalue weighted by Gasteiger charge is -2.41. The molecule has 2 N–H and O–H groups in total. The minimum Gasteiger partial charge on any atom is -0.508 e. The second-order valence-electron chi connectivity index (χ2n) is 13.2. The van der Waals surface area contributed by atoms with E-state index in [1.54, 1.807) is 0 Å². The number of pyridine rings is 1. The Balaban J connectivity index is 1.39. The summed E-state index contributed by atoms with van der Waals surface area (Å²) in [6, 6.07) is 5.58. The van der Waals surface area contributed by atoms with Gasteiger partial charge in [-0.3, -0.25) is 0 Å². The van der Waals surface area contributed by atoms with E-state index in [1.807, 2.05) is 0 Å². The lowest BCUT2D eigenvalue weighted by Crippen LogP contribution is -2.60. The monoisotopic (exact) mass is 660 g/mol. The SMILES string of the molecule is C#Cc1c(F)ccc2cc(O)cc(-c3nc4c5c(nc(OC[Si](C)(C)CN6CCOCC6)nc5c3F)N3CCN[C@@H](CC)[C@H]3CO4)c12. The number of benzene rings is 2. The second kappa shape index (κ2) is 12.5. The van der Waals surface area contributed by atoms with E-state index >= 15 is 4.39 Å². The summed E-state index contributed by atoms with van der Waals surface area (Å²) in [6.07, 6.45) is 7.94. The van der Waals surface area contributed by atoms with Crippen LogP contribution in [0.15, 0.2) is 24.3 Å². The van der Waals surface area contributed by atoms with Gasteiger partial charge in [0.2, 0.25) is 5.88 Å². The van der Waals surface area contributed by atoms with Crippen molar-refractivity contribution in [3.05, 3.63) is 41.5 Å². The Hall–Kier alpha value is -4.09. The molecule has 0 saturated carbocycles. The van der Waals surface area contributed by atoms with Gasteiger partial charge in [0.1, 0.15) is 48.7 Å². The number of piperazine rings is 1. The van der Waals surface area contributed by atoms with Crippen LogP contribution in [0.25, 0.3) is 32.9 Å². The number of phenols is 1. The number of fused-ring (bicyclic) bond motifs is 3. The maximum absolute atomic E-state index is 17.0. The average Bonchev–Trinajstić information content (AvgIpc) is 3.22. The number of anilines is 1. The van der Waals surface area contributed by atoms with Crippen molar-refractivity contribution in [2.24, 2.45) is 0 Å². The van der Waals surface area contributed by atoms with Crippen molar-refractivity contribution in [1.82, 2.24) is 25.2 Å². The van der Waals surface area contributed by atoms with Crippen molar-refractivity contribution >= 4 is 35.6 Å². The van der Waals surface area contributed by atoms with Crippen LogP contribution in [-0.2, 0) is 4.74 Å². The summed E-state index contributed by atoms with van der Waals surface area (Å²) in [7, 11) is -1.93. The highest BCUT2D eigenvalue weighted by Gasteiger charge is 2.38. The lowest BCUT2D eigenvalue weighted by molar-refractivity contribution is 0.0452. The fraction of sp³-hybridized carbons (Fsp3) is 0.441. The Morgan fingerprint density at radius 3 is 2.70 bits per heavy atom. The summed E-state index contributed by atoms with van der Waals surface area (Å²) in [5, 5.41) is 15.3. The number of nitrogens with zero attached hydrogens (tertiary/aromatic N) is 5. The first-order valence-electron chi connectivity index (χ1n) is 16.1. The number of halogens is 2. The summed E-state index contributed by atoms with van der Waals surface area (Å²) in [4.78, 5) is 18.7. The van der Waals surface area contributed by atoms with Gasteiger partial charge in [-0.25, -0.2) is 13.8 Å². The quantitative estimate of drug-likeness (QED) is 0.221. The third-order valence-electron chi connectivity index (χ3n) is 9.24. The van der Waals surface area contributed by atoms with E-state index in [2.05, 4.69) is 51.0 Å². The van der Waals surface area contributed by atoms with Gasteiger partial charge in [0, 0.05) is 43.2 Å². The molecule has 0 unspecified atom stereocenters. The number of rotatable bonds is 7. The summed E-state index contributed by atoms with van der Waals surface area (Å²) >= 11 is 0. The predicted octanol–water partition coefficient (Wildman–Crippen LogP) is 4.26. The normalized spacial score (nSPS) is 20.0. The Morgan fingerprint density at radius 2 is 1.94 bits per heavy atom. The van der Waals surface area contributed by atoms with Crippen LogP contribution in [0.5, 0.6) is 17.6 Å². The third kappa shape index (κ3) is 5.84. The number of terminal acetylenes is 1. The number of ether oxygens (including phenoxy) is 3. The maximum Gasteiger partial charge on any atom is 0.318 e. The number of morpholine rings is 1. The summed E-state index contributed by atoms with van der Waals surface area (Å²) < 4.78 is 50.1. The van der Waals surface area contributed by atoms with E-state index < -0.39 is 19.7 Å². The van der Waals surface area contributed by atoms with Crippen molar-refractivity contribution in [1.29, 1.82) is 0 Å². The molecule has 3 aliphatic heterocycles. The van der Waals surface area contributed by atoms with Crippen molar-refractivity contribution in [2.45, 2.75) is 38.5 Å². The first-order valence-corrected chi connectivity index (χ1v) is 19.5. The molecule has 2 aromatic heterocycles. The fourth-order valence-corrected chi connectivity index (χ4v) is 9.16. The highest BCUT2D eigenvalue weighted by Crippen LogP contribution is 2.43. The zero-order valence-electron chi connectivity index (χ0n) is 26.8. The molecule has 0 bridgehead atoms. The molecule has 4 aromatic rings. The van der Waals surface area contributed by atoms with Gasteiger partial charge in [-0.1, -0.05) is 32.0 Å². The molecule has 2 aromatic carbocycles. The molecule has 10 nitrogen and oxygen atoms in total. The van der Waals surface area contributed by atoms with Gasteiger partial charge in [-0.2, -0.15) is 9.97 Å². The molecule has 2 saturated heterocycles. The highest BCUT2D eigenvalue weighted by atomic mass is 28.3. The molecule has 0 spiro atoms. The number of phenolic OH excluding ortho intramolecular Hbond substituents is 1. The first-order chi connectivity index (χ1) is 22.7. The van der Waals surface area contributed by atoms with E-state index in [0.29, 0.717) is 29.4 Å². The van der Waals surface area contributed by atoms with Crippen molar-refractivity contribution in [2.75, 3.05) is 63.3 Å². The molecular weight excluding hydrogens is 622 g/mol. The van der Waals surface area contributed by atoms with Crippen molar-refractivity contribution in [3.8, 4) is 41.2 Å². The average molecular weight is 661 g/mol. The van der Waals surface area contributed by atoms with E-state index in [-0.39, 0.29) is 64.1 Å². The van der Waals surface area contributed by atoms with Crippen LogP contribution in [0.3, 0.4) is 0 Å². The van der Waals surface area contributed by atoms with Gasteiger partial charge >= 0.3 is 6.01 Å². The van der Waals surface area contributed by atoms with E-state index in [0.717, 1.165) is 45.4 Å². The Labute approximate surface area is 273 Å². The van der Waals surface area contributed by atoms with Crippen LogP contribution in [0.1, 0.15) is 18.9 Å². The molecule has 0 radical (unpaired) electrons. The molecule has 7 rings (SSSR count). The van der Waals surface area contributed by atoms with Gasteiger partial charge in [-0.15, -0.1) is 6.42 Å². The third-order valence-corrected chi connectivity index (χ3v) is 11.5. The fourth-order valence-electron chi connectivity index (χ4n) is 7.02. The highest BCUT2D eigenvalue weighted by molar-refractivity contribution is 6.77. The molecule has 47 heavy (non-hydrogen) atoms. The second-order valence-corrected chi connectivity index (χ2v) is 18.1. The van der Waals surface area contributed by atoms with Crippen molar-refractivity contribution < 1.29 is 28.1 Å². The molecular formula is C34H38F2N6O4Si. The zero-order valence-corrected chi connectivity index (χ0v) is 27.8. The first kappa shape index (κ1) is 31.5. The zero-order chi connectivity index (χ0) is 32.9. The van der Waals surface area contributed by atoms with E-state index in [1.165, 1.54) is 24.3 Å². The van der Waals surface area contributed by atoms with E-state index in [4.69, 9.17) is 25.6 Å². The number of aromatic nitrogens is 3. The van der Waals surface area contributed by atoms with Crippen LogP contribution in [0.4, 0.5) is 14.6 Å². The Morgan fingerprint density at radius 1 is 1.13 bits per heavy atom. The molecule has 2 fully saturated rings. The van der Waals surface area contributed by atoms with Gasteiger partial charge in [0.25, 0.3) is 0 Å². The van der Waals surface area contributed by atoms with Crippen LogP contribution < -0.4 is 19.7 Å². The van der Waals surface area contributed by atoms with Gasteiger partial charge in [-0.05, 0) is 36.2 Å². The van der Waals surface area contributed by atoms with Crippen LogP contribution in [-0.4, -0.2) is 104 Å². The molecule has 246 valence electrons. The molecule has 0 amide bonds. The van der Waals surface area contributed by atoms with Gasteiger partial charge < -0.3 is 34.4 Å². The topological polar surface area (TPSA) is 105 Å². The standard InChI is InChI=1S/C34H38F2N6O4Si/c1-5-22-24(35)8-7-20-15-21(43)16-23(27(20)22)30-29(36)31-28-32(42-10-9-37-25(6-2)26(42)17-45-33(28)38-30)40-34(39-31)46-19-47(3,4)18-41-11-13-44-14-12-41/h1,7-8,15-16,25-26,37,43H,6,9-14,17-19H2,2-4H3/t25-,26+/m0/s1. The Bertz CT molecular complexity index is 1900. The van der Waals surface area contributed by atoms with Gasteiger partial charge in [0.05, 0.1) is 31.0 Å². The van der Waals surface area contributed by atoms with Gasteiger partial charge in [0.15, 0.2) is 5.82 Å². The minimum atomic E-state index is -1.93. The molecule has 5 heterocycles. The number of nitrogens with one attached hydrogen (secondary N) is 1. The minimum absolute atomic E-state index is 0.0277. The van der Waals surface area contributed by atoms with Crippen LogP contribution >= 0.6 is 0 Å². The number of hydrogen-bond acceptors (Lipinski definition) is 10. The largest absolute Gasteiger partial charge is 0.508 e. The van der Waals surface area contributed by atoms with E-state index in [9.17, 15) is 9.50 Å². The number of hydrogen-bond donors (Lipinski definition) is 2. The van der Waals surface area contributed by atoms with Crippen LogP contribution in [0.2, 0.25) is 13.1 Å². The number of aromatic hydroxyl groups is 1. The summed E-state index contributed by atoms with van der Waals surface area (Å²) in [6.45, 7) is 11.4. The summed E-state index contributed by atoms with van der Waals surface area (Å²) in [5.41, 5.74) is -0.124. The summed E-state index contributed by atoms with van der Waals surface area (Å²) in [5.74, 6) is 1.49. The predicted molar refractivity (Wildman–Crippen MR) is 179 cm³/mol. The van der Waals surface area contributed by atoms with Crippen molar-refractivity contribution in [3.63, 3.8) is 0 Å². The van der Waals surface area contributed by atoms with Crippen LogP contribution in [0, 0.1) is 24.0 Å². The molecule has 2 atom stereocenters. The Kier molecular flexibility index (Phi) is 8.38. The molecule has 3 aliphatic rings. The lowest BCUT2D eigenvalue weighted by atomic mass is 9.95.